The molecule has 1 aromatic rings. The van der Waals surface area contributed by atoms with Crippen LogP contribution in [0.1, 0.15) is 51.5 Å². The molecule has 1 saturated heterocycles. The zero-order valence-corrected chi connectivity index (χ0v) is 22.2. The highest BCUT2D eigenvalue weighted by molar-refractivity contribution is 5.92. The number of rotatable bonds is 5. The number of piperazine rings is 1. The average molecular weight is 532 g/mol. The number of halogens is 3. The van der Waals surface area contributed by atoms with Crippen LogP contribution < -0.4 is 15.5 Å². The van der Waals surface area contributed by atoms with Gasteiger partial charge in [0, 0.05) is 39.4 Å². The molecule has 11 heteroatoms. The second-order valence-corrected chi connectivity index (χ2v) is 12.0. The Labute approximate surface area is 221 Å². The van der Waals surface area contributed by atoms with Gasteiger partial charge in [-0.1, -0.05) is 0 Å². The minimum Gasteiger partial charge on any atom is -0.359 e. The van der Waals surface area contributed by atoms with E-state index in [1.54, 1.807) is 7.05 Å². The molecule has 1 aliphatic heterocycles. The second kappa shape index (κ2) is 9.70. The molecule has 6 rings (SSSR count). The van der Waals surface area contributed by atoms with Crippen molar-refractivity contribution in [3.05, 3.63) is 23.9 Å². The van der Waals surface area contributed by atoms with Gasteiger partial charge in [-0.2, -0.15) is 18.4 Å². The van der Waals surface area contributed by atoms with Gasteiger partial charge in [-0.15, -0.1) is 0 Å². The van der Waals surface area contributed by atoms with Crippen LogP contribution in [0.15, 0.2) is 23.3 Å². The molecule has 0 aromatic carbocycles. The van der Waals surface area contributed by atoms with Crippen molar-refractivity contribution in [1.29, 1.82) is 5.26 Å². The predicted octanol–water partition coefficient (Wildman–Crippen LogP) is 3.41. The number of nitrogens with one attached hydrogen (secondary N) is 2. The largest absolute Gasteiger partial charge is 0.417 e. The van der Waals surface area contributed by atoms with Gasteiger partial charge in [0.05, 0.1) is 22.6 Å². The Morgan fingerprint density at radius 2 is 1.79 bits per heavy atom. The van der Waals surface area contributed by atoms with Gasteiger partial charge in [-0.25, -0.2) is 4.98 Å². The molecular formula is C27H36F3N7O. The molecule has 2 heterocycles. The van der Waals surface area contributed by atoms with Crippen molar-refractivity contribution in [1.82, 2.24) is 20.5 Å². The Morgan fingerprint density at radius 1 is 1.13 bits per heavy atom. The summed E-state index contributed by atoms with van der Waals surface area (Å²) in [5, 5.41) is 15.4. The molecule has 206 valence electrons. The molecule has 4 aliphatic carbocycles. The van der Waals surface area contributed by atoms with Crippen LogP contribution in [0.5, 0.6) is 0 Å². The molecule has 1 amide bonds. The molecular weight excluding hydrogens is 495 g/mol. The van der Waals surface area contributed by atoms with E-state index in [1.807, 2.05) is 4.90 Å². The van der Waals surface area contributed by atoms with Crippen LogP contribution in [-0.4, -0.2) is 66.4 Å². The molecule has 4 saturated carbocycles. The number of carbonyl (C=O) groups excluding carboxylic acids is 1. The van der Waals surface area contributed by atoms with Crippen molar-refractivity contribution in [2.75, 3.05) is 38.1 Å². The van der Waals surface area contributed by atoms with E-state index in [-0.39, 0.29) is 17.4 Å². The monoisotopic (exact) mass is 531 g/mol. The molecule has 2 atom stereocenters. The van der Waals surface area contributed by atoms with E-state index >= 15 is 0 Å². The maximum absolute atomic E-state index is 12.9. The average Bonchev–Trinajstić information content (AvgIpc) is 2.88. The fourth-order valence-corrected chi connectivity index (χ4v) is 7.68. The van der Waals surface area contributed by atoms with Crippen LogP contribution in [0.4, 0.5) is 19.0 Å². The van der Waals surface area contributed by atoms with E-state index in [0.717, 1.165) is 44.4 Å². The summed E-state index contributed by atoms with van der Waals surface area (Å²) < 4.78 is 38.7. The Balaban J connectivity index is 1.29. The fourth-order valence-electron chi connectivity index (χ4n) is 7.68. The Morgan fingerprint density at radius 3 is 2.32 bits per heavy atom. The van der Waals surface area contributed by atoms with Crippen LogP contribution in [0, 0.1) is 34.6 Å². The van der Waals surface area contributed by atoms with E-state index in [2.05, 4.69) is 40.6 Å². The topological polar surface area (TPSA) is 96.6 Å². The number of hydrogen-bond acceptors (Lipinski definition) is 6. The molecule has 38 heavy (non-hydrogen) atoms. The molecule has 0 radical (unpaired) electrons. The van der Waals surface area contributed by atoms with Crippen molar-refractivity contribution in [2.24, 2.45) is 28.2 Å². The predicted molar refractivity (Wildman–Crippen MR) is 137 cm³/mol. The molecule has 2 unspecified atom stereocenters. The lowest BCUT2D eigenvalue weighted by molar-refractivity contribution is -0.147. The number of alkyl halides is 3. The first-order valence-electron chi connectivity index (χ1n) is 13.5. The number of amides is 1. The van der Waals surface area contributed by atoms with Crippen molar-refractivity contribution < 1.29 is 18.0 Å². The summed E-state index contributed by atoms with van der Waals surface area (Å²) in [4.78, 5) is 26.3. The van der Waals surface area contributed by atoms with E-state index in [1.165, 1.54) is 6.07 Å². The third-order valence-corrected chi connectivity index (χ3v) is 9.43. The van der Waals surface area contributed by atoms with Crippen molar-refractivity contribution >= 4 is 17.6 Å². The summed E-state index contributed by atoms with van der Waals surface area (Å²) in [6.45, 7) is 6.64. The standard InChI is InChI=1S/C27H36F3N7O/c1-25(2,37-8-6-36(7-9-37)21-5-4-20(15-33-21)27(28,29)30)23(34-16-31)35-22-18-10-17-11-19(22)14-26(12-17,13-18)24(38)32-3/h4-5,15,17-19,22H,6-14H2,1-3H3,(H,32,38)(H,34,35). The van der Waals surface area contributed by atoms with Crippen LogP contribution in [0.3, 0.4) is 0 Å². The summed E-state index contributed by atoms with van der Waals surface area (Å²) >= 11 is 0. The summed E-state index contributed by atoms with van der Waals surface area (Å²) in [6.07, 6.45) is 3.42. The highest BCUT2D eigenvalue weighted by atomic mass is 19.4. The molecule has 4 bridgehead atoms. The number of pyridine rings is 1. The summed E-state index contributed by atoms with van der Waals surface area (Å²) in [6, 6.07) is 2.59. The minimum absolute atomic E-state index is 0.0945. The van der Waals surface area contributed by atoms with Crippen LogP contribution in [0.25, 0.3) is 0 Å². The number of anilines is 1. The summed E-state index contributed by atoms with van der Waals surface area (Å²) in [5.74, 6) is 2.59. The molecule has 8 nitrogen and oxygen atoms in total. The highest BCUT2D eigenvalue weighted by Crippen LogP contribution is 2.61. The molecule has 5 aliphatic rings. The maximum Gasteiger partial charge on any atom is 0.417 e. The highest BCUT2D eigenvalue weighted by Gasteiger charge is 2.58. The lowest BCUT2D eigenvalue weighted by Crippen LogP contribution is -2.61. The van der Waals surface area contributed by atoms with Crippen LogP contribution in [0.2, 0.25) is 0 Å². The minimum atomic E-state index is -4.40. The zero-order valence-electron chi connectivity index (χ0n) is 22.2. The maximum atomic E-state index is 12.9. The molecule has 2 N–H and O–H groups in total. The van der Waals surface area contributed by atoms with Gasteiger partial charge in [0.15, 0.2) is 6.19 Å². The molecule has 1 aromatic heterocycles. The number of nitrogens with zero attached hydrogens (tertiary/aromatic N) is 5. The third-order valence-electron chi connectivity index (χ3n) is 9.43. The number of carbonyl (C=O) groups is 1. The van der Waals surface area contributed by atoms with Gasteiger partial charge in [-0.05, 0) is 75.8 Å². The number of aliphatic imine (C=N–C) groups is 1. The SMILES string of the molecule is CNC(=O)C12CC3CC(C1)C(N=C(NC#N)C(C)(C)N1CCN(c4ccc(C(F)(F)F)cn4)CC1)C(C3)C2. The first-order valence-corrected chi connectivity index (χ1v) is 13.5. The Kier molecular flexibility index (Phi) is 6.83. The number of aromatic nitrogens is 1. The second-order valence-electron chi connectivity index (χ2n) is 12.0. The quantitative estimate of drug-likeness (QED) is 0.262. The van der Waals surface area contributed by atoms with Gasteiger partial charge in [0.1, 0.15) is 11.7 Å². The Bertz CT molecular complexity index is 1100. The third kappa shape index (κ3) is 4.72. The zero-order chi connectivity index (χ0) is 27.3. The normalized spacial score (nSPS) is 31.7. The van der Waals surface area contributed by atoms with E-state index in [9.17, 15) is 23.2 Å². The van der Waals surface area contributed by atoms with Crippen LogP contribution in [-0.2, 0) is 11.0 Å². The van der Waals surface area contributed by atoms with E-state index < -0.39 is 17.3 Å². The summed E-state index contributed by atoms with van der Waals surface area (Å²) in [7, 11) is 1.72. The van der Waals surface area contributed by atoms with E-state index in [0.29, 0.717) is 55.6 Å². The number of hydrogen-bond donors (Lipinski definition) is 2. The molecule has 5 fully saturated rings. The first-order chi connectivity index (χ1) is 18.0. The Hall–Kier alpha value is -2.87. The van der Waals surface area contributed by atoms with Crippen molar-refractivity contribution in [3.63, 3.8) is 0 Å². The lowest BCUT2D eigenvalue weighted by Gasteiger charge is -2.58. The van der Waals surface area contributed by atoms with Gasteiger partial charge in [0.25, 0.3) is 0 Å². The van der Waals surface area contributed by atoms with Gasteiger partial charge in [-0.3, -0.25) is 20.0 Å². The van der Waals surface area contributed by atoms with Crippen LogP contribution >= 0.6 is 0 Å². The lowest BCUT2D eigenvalue weighted by atomic mass is 9.47. The van der Waals surface area contributed by atoms with Gasteiger partial charge in [0.2, 0.25) is 5.91 Å². The molecule has 0 spiro atoms. The number of amidine groups is 1. The van der Waals surface area contributed by atoms with Crippen molar-refractivity contribution in [3.8, 4) is 6.19 Å². The van der Waals surface area contributed by atoms with Gasteiger partial charge < -0.3 is 10.2 Å². The summed E-state index contributed by atoms with van der Waals surface area (Å²) in [5.41, 5.74) is -1.56. The fraction of sp³-hybridized carbons (Fsp3) is 0.704. The van der Waals surface area contributed by atoms with Crippen molar-refractivity contribution in [2.45, 2.75) is 63.7 Å². The first kappa shape index (κ1) is 26.7. The van der Waals surface area contributed by atoms with E-state index in [4.69, 9.17) is 4.99 Å². The smallest absolute Gasteiger partial charge is 0.359 e. The van der Waals surface area contributed by atoms with Gasteiger partial charge >= 0.3 is 6.18 Å². The number of nitriles is 1.